The summed E-state index contributed by atoms with van der Waals surface area (Å²) < 4.78 is 0. The number of fused-ring (bicyclic) bond motifs is 1. The molecule has 0 N–H and O–H groups in total. The normalized spacial score (nSPS) is 15.7. The Morgan fingerprint density at radius 1 is 0.970 bits per heavy atom. The molecule has 3 aromatic rings. The van der Waals surface area contributed by atoms with Crippen LogP contribution in [0.25, 0.3) is 23.0 Å². The SMILES string of the molecule is C=C(c1ccc(Cc2cc(C3CCCCC3)nc(-c3ccc4c(c3)C=CC4)n2)cc1)C(C)C. The largest absolute Gasteiger partial charge is 0.233 e. The van der Waals surface area contributed by atoms with Gasteiger partial charge < -0.3 is 0 Å². The zero-order valence-electron chi connectivity index (χ0n) is 20.0. The van der Waals surface area contributed by atoms with Crippen molar-refractivity contribution in [2.24, 2.45) is 5.92 Å². The van der Waals surface area contributed by atoms with Crippen LogP contribution in [0.2, 0.25) is 0 Å². The summed E-state index contributed by atoms with van der Waals surface area (Å²) in [4.78, 5) is 10.2. The smallest absolute Gasteiger partial charge is 0.159 e. The number of hydrogen-bond donors (Lipinski definition) is 0. The van der Waals surface area contributed by atoms with Crippen molar-refractivity contribution in [3.63, 3.8) is 0 Å². The second-order valence-electron chi connectivity index (χ2n) is 10.0. The molecule has 5 rings (SSSR count). The van der Waals surface area contributed by atoms with E-state index in [0.29, 0.717) is 11.8 Å². The van der Waals surface area contributed by atoms with Crippen LogP contribution in [-0.4, -0.2) is 9.97 Å². The van der Waals surface area contributed by atoms with Crippen molar-refractivity contribution < 1.29 is 0 Å². The number of allylic oxidation sites excluding steroid dienone is 2. The fraction of sp³-hybridized carbons (Fsp3) is 0.355. The van der Waals surface area contributed by atoms with Crippen molar-refractivity contribution in [3.05, 3.63) is 94.8 Å². The predicted molar refractivity (Wildman–Crippen MR) is 139 cm³/mol. The van der Waals surface area contributed by atoms with Gasteiger partial charge in [-0.1, -0.05) is 88.2 Å². The molecule has 0 atom stereocenters. The van der Waals surface area contributed by atoms with Gasteiger partial charge in [0.05, 0.1) is 0 Å². The average Bonchev–Trinajstić information content (AvgIpc) is 3.32. The van der Waals surface area contributed by atoms with Crippen molar-refractivity contribution in [2.45, 2.75) is 64.7 Å². The molecule has 2 aliphatic rings. The summed E-state index contributed by atoms with van der Waals surface area (Å²) in [5.41, 5.74) is 9.88. The van der Waals surface area contributed by atoms with Crippen molar-refractivity contribution in [3.8, 4) is 11.4 Å². The summed E-state index contributed by atoms with van der Waals surface area (Å²) in [5, 5.41) is 0. The van der Waals surface area contributed by atoms with E-state index in [1.165, 1.54) is 65.6 Å². The molecule has 0 saturated heterocycles. The third-order valence-corrected chi connectivity index (χ3v) is 7.27. The molecule has 1 aromatic heterocycles. The van der Waals surface area contributed by atoms with E-state index in [1.54, 1.807) is 0 Å². The molecule has 0 amide bonds. The Hall–Kier alpha value is -3.00. The Bertz CT molecular complexity index is 1180. The second-order valence-corrected chi connectivity index (χ2v) is 10.0. The third kappa shape index (κ3) is 4.85. The van der Waals surface area contributed by atoms with Crippen molar-refractivity contribution in [1.29, 1.82) is 0 Å². The van der Waals surface area contributed by atoms with Crippen molar-refractivity contribution in [1.82, 2.24) is 9.97 Å². The van der Waals surface area contributed by atoms with E-state index >= 15 is 0 Å². The monoisotopic (exact) mass is 434 g/mol. The Labute approximate surface area is 198 Å². The lowest BCUT2D eigenvalue weighted by Gasteiger charge is -2.22. The van der Waals surface area contributed by atoms with Crippen molar-refractivity contribution in [2.75, 3.05) is 0 Å². The van der Waals surface area contributed by atoms with Crippen LogP contribution in [0.5, 0.6) is 0 Å². The Morgan fingerprint density at radius 2 is 1.76 bits per heavy atom. The molecule has 168 valence electrons. The van der Waals surface area contributed by atoms with Crippen LogP contribution in [0.3, 0.4) is 0 Å². The number of hydrogen-bond acceptors (Lipinski definition) is 2. The topological polar surface area (TPSA) is 25.8 Å². The van der Waals surface area contributed by atoms with Gasteiger partial charge >= 0.3 is 0 Å². The summed E-state index contributed by atoms with van der Waals surface area (Å²) in [6.45, 7) is 8.64. The lowest BCUT2D eigenvalue weighted by atomic mass is 9.86. The average molecular weight is 435 g/mol. The van der Waals surface area contributed by atoms with Crippen LogP contribution in [-0.2, 0) is 12.8 Å². The minimum atomic E-state index is 0.459. The molecule has 1 saturated carbocycles. The first kappa shape index (κ1) is 21.8. The van der Waals surface area contributed by atoms with Gasteiger partial charge in [-0.05, 0) is 65.1 Å². The van der Waals surface area contributed by atoms with E-state index < -0.39 is 0 Å². The van der Waals surface area contributed by atoms with Crippen LogP contribution in [0.1, 0.15) is 85.5 Å². The minimum Gasteiger partial charge on any atom is -0.233 e. The third-order valence-electron chi connectivity index (χ3n) is 7.27. The van der Waals surface area contributed by atoms with Gasteiger partial charge in [-0.3, -0.25) is 0 Å². The molecule has 1 heterocycles. The van der Waals surface area contributed by atoms with Crippen LogP contribution in [0.4, 0.5) is 0 Å². The van der Waals surface area contributed by atoms with Gasteiger partial charge in [-0.2, -0.15) is 0 Å². The van der Waals surface area contributed by atoms with Gasteiger partial charge in [0.25, 0.3) is 0 Å². The molecular weight excluding hydrogens is 400 g/mol. The predicted octanol–water partition coefficient (Wildman–Crippen LogP) is 8.02. The van der Waals surface area contributed by atoms with E-state index in [2.05, 4.69) is 81.1 Å². The molecular formula is C31H34N2. The van der Waals surface area contributed by atoms with Crippen LogP contribution >= 0.6 is 0 Å². The van der Waals surface area contributed by atoms with E-state index in [-0.39, 0.29) is 0 Å². The van der Waals surface area contributed by atoms with Crippen LogP contribution < -0.4 is 0 Å². The summed E-state index contributed by atoms with van der Waals surface area (Å²) in [5.74, 6) is 1.90. The first-order chi connectivity index (χ1) is 16.1. The highest BCUT2D eigenvalue weighted by Crippen LogP contribution is 2.34. The van der Waals surface area contributed by atoms with Gasteiger partial charge in [-0.15, -0.1) is 0 Å². The maximum atomic E-state index is 5.10. The zero-order valence-corrected chi connectivity index (χ0v) is 20.0. The fourth-order valence-corrected chi connectivity index (χ4v) is 5.11. The van der Waals surface area contributed by atoms with Gasteiger partial charge in [0.1, 0.15) is 0 Å². The number of nitrogens with zero attached hydrogens (tertiary/aromatic N) is 2. The van der Waals surface area contributed by atoms with Crippen LogP contribution in [0, 0.1) is 5.92 Å². The minimum absolute atomic E-state index is 0.459. The highest BCUT2D eigenvalue weighted by atomic mass is 14.9. The summed E-state index contributed by atoms with van der Waals surface area (Å²) in [6, 6.07) is 17.8. The lowest BCUT2D eigenvalue weighted by molar-refractivity contribution is 0.436. The maximum absolute atomic E-state index is 5.10. The molecule has 2 aliphatic carbocycles. The highest BCUT2D eigenvalue weighted by molar-refractivity contribution is 5.68. The summed E-state index contributed by atoms with van der Waals surface area (Å²) in [7, 11) is 0. The van der Waals surface area contributed by atoms with E-state index in [0.717, 1.165) is 29.9 Å². The fourth-order valence-electron chi connectivity index (χ4n) is 5.11. The molecule has 2 aromatic carbocycles. The molecule has 0 aliphatic heterocycles. The number of aromatic nitrogens is 2. The van der Waals surface area contributed by atoms with Gasteiger partial charge in [-0.25, -0.2) is 9.97 Å². The molecule has 0 unspecified atom stereocenters. The molecule has 0 radical (unpaired) electrons. The van der Waals surface area contributed by atoms with Gasteiger partial charge in [0.15, 0.2) is 5.82 Å². The number of rotatable bonds is 6. The highest BCUT2D eigenvalue weighted by Gasteiger charge is 2.20. The Morgan fingerprint density at radius 3 is 2.52 bits per heavy atom. The molecule has 2 heteroatoms. The molecule has 0 bridgehead atoms. The first-order valence-corrected chi connectivity index (χ1v) is 12.5. The molecule has 2 nitrogen and oxygen atoms in total. The van der Waals surface area contributed by atoms with Crippen LogP contribution in [0.15, 0.2) is 61.2 Å². The van der Waals surface area contributed by atoms with E-state index in [1.807, 2.05) is 0 Å². The van der Waals surface area contributed by atoms with Gasteiger partial charge in [0, 0.05) is 29.3 Å². The lowest BCUT2D eigenvalue weighted by Crippen LogP contribution is -2.09. The number of benzene rings is 2. The summed E-state index contributed by atoms with van der Waals surface area (Å²) in [6.07, 6.45) is 12.8. The Balaban J connectivity index is 1.47. The molecule has 0 spiro atoms. The van der Waals surface area contributed by atoms with Gasteiger partial charge in [0.2, 0.25) is 0 Å². The molecule has 1 fully saturated rings. The van der Waals surface area contributed by atoms with E-state index in [9.17, 15) is 0 Å². The molecule has 33 heavy (non-hydrogen) atoms. The maximum Gasteiger partial charge on any atom is 0.159 e. The zero-order chi connectivity index (χ0) is 22.8. The first-order valence-electron chi connectivity index (χ1n) is 12.5. The van der Waals surface area contributed by atoms with Crippen molar-refractivity contribution >= 4 is 11.6 Å². The second kappa shape index (κ2) is 9.47. The van der Waals surface area contributed by atoms with E-state index in [4.69, 9.17) is 9.97 Å². The quantitative estimate of drug-likeness (QED) is 0.392. The standard InChI is InChI=1S/C31H34N2/c1-21(2)22(3)24-14-12-23(13-15-24)18-29-20-30(26-8-5-4-6-9-26)33-31(32-29)28-17-16-25-10-7-11-27(25)19-28/h7,11-17,19-21,26H,3-6,8-10,18H2,1-2H3. The summed E-state index contributed by atoms with van der Waals surface area (Å²) >= 11 is 0. The Kier molecular flexibility index (Phi) is 6.26.